The summed E-state index contributed by atoms with van der Waals surface area (Å²) in [5.74, 6) is -0.833. The molecule has 11 atom stereocenters. The van der Waals surface area contributed by atoms with Crippen molar-refractivity contribution in [1.29, 1.82) is 0 Å². The van der Waals surface area contributed by atoms with E-state index in [9.17, 15) is 30.3 Å². The monoisotopic (exact) mass is 504 g/mol. The molecule has 0 unspecified atom stereocenters. The first-order valence-electron chi connectivity index (χ1n) is 14.1. The number of hydrogen-bond acceptors (Lipinski definition) is 5. The van der Waals surface area contributed by atoms with E-state index in [1.807, 2.05) is 6.92 Å². The normalized spacial score (nSPS) is 55.9. The van der Waals surface area contributed by atoms with Gasteiger partial charge in [-0.25, -0.2) is 0 Å². The molecule has 0 saturated heterocycles. The fraction of sp³-hybridized carbons (Fsp3) is 0.900. The Morgan fingerprint density at radius 3 is 2.17 bits per heavy atom. The van der Waals surface area contributed by atoms with Crippen LogP contribution in [-0.2, 0) is 4.79 Å². The van der Waals surface area contributed by atoms with Crippen molar-refractivity contribution in [3.05, 3.63) is 11.6 Å². The zero-order valence-electron chi connectivity index (χ0n) is 23.0. The van der Waals surface area contributed by atoms with Crippen LogP contribution in [0.3, 0.4) is 0 Å². The van der Waals surface area contributed by atoms with Gasteiger partial charge in [-0.1, -0.05) is 53.2 Å². The van der Waals surface area contributed by atoms with E-state index in [4.69, 9.17) is 0 Å². The summed E-state index contributed by atoms with van der Waals surface area (Å²) in [5.41, 5.74) is -1.50. The predicted octanol–water partition coefficient (Wildman–Crippen LogP) is 4.15. The van der Waals surface area contributed by atoms with Gasteiger partial charge in [0.1, 0.15) is 0 Å². The molecule has 0 radical (unpaired) electrons. The van der Waals surface area contributed by atoms with E-state index in [0.717, 1.165) is 31.3 Å². The number of rotatable bonds is 2. The van der Waals surface area contributed by atoms with Crippen LogP contribution < -0.4 is 0 Å². The van der Waals surface area contributed by atoms with Crippen LogP contribution in [0.1, 0.15) is 92.9 Å². The number of carboxylic acid groups (broad SMARTS) is 1. The third-order valence-corrected chi connectivity index (χ3v) is 13.4. The number of carbonyl (C=O) groups is 1. The first-order chi connectivity index (χ1) is 16.5. The van der Waals surface area contributed by atoms with Crippen molar-refractivity contribution in [3.63, 3.8) is 0 Å². The van der Waals surface area contributed by atoms with E-state index < -0.39 is 35.1 Å². The van der Waals surface area contributed by atoms with Crippen LogP contribution in [0.4, 0.5) is 0 Å². The summed E-state index contributed by atoms with van der Waals surface area (Å²) in [6.45, 7) is 12.9. The molecule has 0 amide bonds. The van der Waals surface area contributed by atoms with Gasteiger partial charge >= 0.3 is 5.97 Å². The summed E-state index contributed by atoms with van der Waals surface area (Å²) in [7, 11) is 0. The quantitative estimate of drug-likeness (QED) is 0.361. The Hall–Kier alpha value is -0.950. The fourth-order valence-corrected chi connectivity index (χ4v) is 10.8. The number of aliphatic hydroxyl groups is 4. The first-order valence-corrected chi connectivity index (χ1v) is 14.1. The maximum Gasteiger partial charge on any atom is 0.310 e. The van der Waals surface area contributed by atoms with Gasteiger partial charge in [0.25, 0.3) is 0 Å². The van der Waals surface area contributed by atoms with E-state index in [1.54, 1.807) is 0 Å². The van der Waals surface area contributed by atoms with Gasteiger partial charge in [-0.2, -0.15) is 0 Å². The van der Waals surface area contributed by atoms with Crippen LogP contribution in [0.5, 0.6) is 0 Å². The van der Waals surface area contributed by atoms with Crippen molar-refractivity contribution in [3.8, 4) is 0 Å². The second kappa shape index (κ2) is 7.80. The summed E-state index contributed by atoms with van der Waals surface area (Å²) < 4.78 is 0. The molecular weight excluding hydrogens is 456 g/mol. The van der Waals surface area contributed by atoms with Gasteiger partial charge in [0, 0.05) is 11.3 Å². The number of aliphatic hydroxyl groups excluding tert-OH is 4. The van der Waals surface area contributed by atoms with E-state index >= 15 is 0 Å². The highest BCUT2D eigenvalue weighted by Crippen LogP contribution is 2.75. The Bertz CT molecular complexity index is 974. The van der Waals surface area contributed by atoms with Crippen molar-refractivity contribution >= 4 is 5.97 Å². The Balaban J connectivity index is 1.63. The van der Waals surface area contributed by atoms with Gasteiger partial charge < -0.3 is 25.5 Å². The van der Waals surface area contributed by atoms with E-state index in [1.165, 1.54) is 0 Å². The molecular formula is C30H48O6. The molecule has 6 heteroatoms. The van der Waals surface area contributed by atoms with Gasteiger partial charge in [-0.05, 0) is 84.9 Å². The highest BCUT2D eigenvalue weighted by atomic mass is 16.4. The molecule has 0 spiro atoms. The molecule has 0 aromatic rings. The Morgan fingerprint density at radius 1 is 0.917 bits per heavy atom. The van der Waals surface area contributed by atoms with Gasteiger partial charge in [0.15, 0.2) is 0 Å². The number of carboxylic acids is 1. The standard InChI is InChI=1S/C30H48O6/c1-25(2)11-13-30(24(35)36)14-12-28(5)17(21(30)23(25)34)7-8-20-26(3)15-18(32)22(33)27(4,16-31)19(26)9-10-29(20,28)6/h7,18-23,31-34H,8-16H2,1-6H3,(H,35,36)/t18-,19-,20-,21-,22+,23+,26+,27-,28+,29+,30-/m1/s1. The van der Waals surface area contributed by atoms with Gasteiger partial charge in [0.2, 0.25) is 0 Å². The summed E-state index contributed by atoms with van der Waals surface area (Å²) in [6.07, 6.45) is 5.48. The molecule has 5 rings (SSSR count). The lowest BCUT2D eigenvalue weighted by molar-refractivity contribution is -0.245. The summed E-state index contributed by atoms with van der Waals surface area (Å²) in [6, 6.07) is 0. The molecule has 0 bridgehead atoms. The molecule has 4 saturated carbocycles. The second-order valence-corrected chi connectivity index (χ2v) is 15.0. The minimum absolute atomic E-state index is 0.0888. The molecule has 5 N–H and O–H groups in total. The van der Waals surface area contributed by atoms with Crippen molar-refractivity contribution in [2.75, 3.05) is 6.61 Å². The maximum atomic E-state index is 12.8. The van der Waals surface area contributed by atoms with Gasteiger partial charge in [-0.15, -0.1) is 0 Å². The fourth-order valence-electron chi connectivity index (χ4n) is 10.8. The van der Waals surface area contributed by atoms with Crippen molar-refractivity contribution in [2.24, 2.45) is 50.2 Å². The smallest absolute Gasteiger partial charge is 0.310 e. The first kappa shape index (κ1) is 26.6. The number of hydrogen-bond donors (Lipinski definition) is 5. The molecule has 4 fully saturated rings. The number of aliphatic carboxylic acids is 1. The average molecular weight is 505 g/mol. The van der Waals surface area contributed by atoms with Crippen LogP contribution in [0.15, 0.2) is 11.6 Å². The zero-order valence-corrected chi connectivity index (χ0v) is 23.0. The lowest BCUT2D eigenvalue weighted by Crippen LogP contribution is -2.69. The van der Waals surface area contributed by atoms with Crippen LogP contribution in [-0.4, -0.2) is 56.4 Å². The van der Waals surface area contributed by atoms with Crippen molar-refractivity contribution in [1.82, 2.24) is 0 Å². The molecule has 6 nitrogen and oxygen atoms in total. The Labute approximate surface area is 216 Å². The highest BCUT2D eigenvalue weighted by Gasteiger charge is 2.71. The molecule has 0 aliphatic heterocycles. The third kappa shape index (κ3) is 2.96. The average Bonchev–Trinajstić information content (AvgIpc) is 2.80. The van der Waals surface area contributed by atoms with Gasteiger partial charge in [0.05, 0.1) is 30.3 Å². The summed E-state index contributed by atoms with van der Waals surface area (Å²) in [5, 5.41) is 54.5. The molecule has 5 aliphatic rings. The Kier molecular flexibility index (Phi) is 5.77. The second-order valence-electron chi connectivity index (χ2n) is 15.0. The lowest BCUT2D eigenvalue weighted by atomic mass is 9.33. The lowest BCUT2D eigenvalue weighted by Gasteiger charge is -2.71. The molecule has 5 aliphatic carbocycles. The third-order valence-electron chi connectivity index (χ3n) is 13.4. The van der Waals surface area contributed by atoms with Crippen LogP contribution in [0.25, 0.3) is 0 Å². The van der Waals surface area contributed by atoms with E-state index in [0.29, 0.717) is 25.7 Å². The van der Waals surface area contributed by atoms with Gasteiger partial charge in [-0.3, -0.25) is 4.79 Å². The van der Waals surface area contributed by atoms with E-state index in [2.05, 4.69) is 40.7 Å². The topological polar surface area (TPSA) is 118 Å². The van der Waals surface area contributed by atoms with Crippen LogP contribution >= 0.6 is 0 Å². The number of fused-ring (bicyclic) bond motifs is 7. The van der Waals surface area contributed by atoms with Crippen LogP contribution in [0, 0.1) is 50.2 Å². The van der Waals surface area contributed by atoms with Crippen LogP contribution in [0.2, 0.25) is 0 Å². The number of allylic oxidation sites excluding steroid dienone is 1. The van der Waals surface area contributed by atoms with Crippen molar-refractivity contribution < 1.29 is 30.3 Å². The summed E-state index contributed by atoms with van der Waals surface area (Å²) >= 11 is 0. The molecule has 204 valence electrons. The minimum Gasteiger partial charge on any atom is -0.481 e. The maximum absolute atomic E-state index is 12.8. The minimum atomic E-state index is -0.944. The zero-order chi connectivity index (χ0) is 26.7. The SMILES string of the molecule is CC1(C)CC[C@@]2(C(=O)O)CC[C@@]3(C)C(=CC[C@@H]4[C@@]5(C)C[C@@H](O)[C@H](O)[C@](C)(CO)[C@@H]5CC[C@@]43C)[C@@H]2[C@@H]1O. The van der Waals surface area contributed by atoms with Crippen molar-refractivity contribution in [2.45, 2.75) is 111 Å². The molecule has 0 heterocycles. The molecule has 0 aromatic carbocycles. The molecule has 36 heavy (non-hydrogen) atoms. The molecule has 0 aromatic heterocycles. The largest absolute Gasteiger partial charge is 0.481 e. The van der Waals surface area contributed by atoms with E-state index in [-0.39, 0.29) is 46.0 Å². The highest BCUT2D eigenvalue weighted by molar-refractivity contribution is 5.77. The Morgan fingerprint density at radius 2 is 1.56 bits per heavy atom. The summed E-state index contributed by atoms with van der Waals surface area (Å²) in [4.78, 5) is 12.8. The predicted molar refractivity (Wildman–Crippen MR) is 137 cm³/mol.